The first-order valence-corrected chi connectivity index (χ1v) is 19.8. The van der Waals surface area contributed by atoms with Crippen molar-refractivity contribution in [2.24, 2.45) is 17.4 Å². The van der Waals surface area contributed by atoms with Gasteiger partial charge in [-0.3, -0.25) is 19.1 Å². The highest BCUT2D eigenvalue weighted by atomic mass is 16.5. The van der Waals surface area contributed by atoms with Crippen LogP contribution in [0.3, 0.4) is 0 Å². The number of carbonyl (C=O) groups excluding carboxylic acids is 3. The van der Waals surface area contributed by atoms with E-state index in [9.17, 15) is 14.4 Å². The molecule has 3 aromatic rings. The van der Waals surface area contributed by atoms with Crippen molar-refractivity contribution in [1.29, 1.82) is 0 Å². The fraction of sp³-hybridized carbons (Fsp3) is 0.475. The smallest absolute Gasteiger partial charge is 0.272 e. The number of allylic oxidation sites excluding steroid dienone is 1. The summed E-state index contributed by atoms with van der Waals surface area (Å²) in [6.07, 6.45) is 7.65. The van der Waals surface area contributed by atoms with Crippen LogP contribution in [-0.4, -0.2) is 110 Å². The maximum absolute atomic E-state index is 13.2. The lowest BCUT2D eigenvalue weighted by Crippen LogP contribution is -2.60. The Balaban J connectivity index is 0.00000244. The normalized spacial score (nSPS) is 20.0. The largest absolute Gasteiger partial charge is 0.393 e. The zero-order valence-electron chi connectivity index (χ0n) is 33.1. The molecule has 2 saturated heterocycles. The molecule has 5 aliphatic rings. The molecule has 1 unspecified atom stereocenters. The number of methoxy groups -OCH3 is 1. The minimum Gasteiger partial charge on any atom is -0.393 e. The van der Waals surface area contributed by atoms with Gasteiger partial charge in [-0.05, 0) is 55.6 Å². The molecule has 0 bridgehead atoms. The molecular formula is C40H51B2N11O4. The predicted molar refractivity (Wildman–Crippen MR) is 220 cm³/mol. The molecule has 2 aliphatic carbocycles. The lowest BCUT2D eigenvalue weighted by atomic mass is 9.57. The van der Waals surface area contributed by atoms with Gasteiger partial charge in [0.2, 0.25) is 5.91 Å². The van der Waals surface area contributed by atoms with Crippen molar-refractivity contribution in [2.75, 3.05) is 50.6 Å². The maximum atomic E-state index is 13.2. The number of para-hydroxylation sites is 1. The summed E-state index contributed by atoms with van der Waals surface area (Å²) in [6, 6.07) is 11.2. The van der Waals surface area contributed by atoms with Crippen molar-refractivity contribution in [2.45, 2.75) is 76.0 Å². The second kappa shape index (κ2) is 16.3. The van der Waals surface area contributed by atoms with E-state index >= 15 is 0 Å². The minimum absolute atomic E-state index is 0.00477. The SMILES string of the molecule is CC.[B]C([B])(c1cccc(C(=O)N2CCC(OC)C2)n1)N1CC(n2ncc3c2CN(C)c2c(NC(/C=C(\N)NC(=O)C4CC4)=C(/N)C(=O)NC4CC4)cccc2-3)C1. The molecule has 0 spiro atoms. The van der Waals surface area contributed by atoms with Crippen LogP contribution in [0.5, 0.6) is 0 Å². The third-order valence-corrected chi connectivity index (χ3v) is 11.1. The first-order valence-electron chi connectivity index (χ1n) is 19.8. The second-order valence-corrected chi connectivity index (χ2v) is 15.3. The highest BCUT2D eigenvalue weighted by Gasteiger charge is 2.42. The molecular weight excluding hydrogens is 720 g/mol. The van der Waals surface area contributed by atoms with Gasteiger partial charge >= 0.3 is 0 Å². The Morgan fingerprint density at radius 3 is 2.40 bits per heavy atom. The van der Waals surface area contributed by atoms with Crippen molar-refractivity contribution in [3.63, 3.8) is 0 Å². The number of rotatable bonds is 12. The van der Waals surface area contributed by atoms with Gasteiger partial charge < -0.3 is 46.9 Å². The van der Waals surface area contributed by atoms with Gasteiger partial charge in [-0.2, -0.15) is 5.10 Å². The van der Waals surface area contributed by atoms with Gasteiger partial charge in [0.15, 0.2) is 0 Å². The van der Waals surface area contributed by atoms with E-state index in [1.165, 1.54) is 6.08 Å². The fourth-order valence-corrected chi connectivity index (χ4v) is 7.50. The van der Waals surface area contributed by atoms with Gasteiger partial charge in [0.25, 0.3) is 11.8 Å². The lowest BCUT2D eigenvalue weighted by Gasteiger charge is -2.50. The summed E-state index contributed by atoms with van der Waals surface area (Å²) < 4.78 is 7.46. The topological polar surface area (TPSA) is 189 Å². The van der Waals surface area contributed by atoms with Crippen molar-refractivity contribution in [3.05, 3.63) is 83.0 Å². The summed E-state index contributed by atoms with van der Waals surface area (Å²) in [4.78, 5) is 49.2. The number of nitrogens with zero attached hydrogens (tertiary/aromatic N) is 6. The number of anilines is 2. The molecule has 2 saturated carbocycles. The summed E-state index contributed by atoms with van der Waals surface area (Å²) in [7, 11) is 17.1. The van der Waals surface area contributed by atoms with Gasteiger partial charge in [-0.1, -0.05) is 32.0 Å². The average Bonchev–Trinajstić information content (AvgIpc) is 4.12. The maximum Gasteiger partial charge on any atom is 0.272 e. The van der Waals surface area contributed by atoms with E-state index in [-0.39, 0.29) is 53.1 Å². The number of pyridine rings is 1. The van der Waals surface area contributed by atoms with Crippen LogP contribution in [-0.2, 0) is 26.2 Å². The summed E-state index contributed by atoms with van der Waals surface area (Å²) in [5.74, 6) is -0.670. The van der Waals surface area contributed by atoms with Crippen LogP contribution in [0.4, 0.5) is 11.4 Å². The summed E-state index contributed by atoms with van der Waals surface area (Å²) in [5.41, 5.74) is 18.2. The zero-order chi connectivity index (χ0) is 40.6. The van der Waals surface area contributed by atoms with Crippen LogP contribution < -0.4 is 32.3 Å². The zero-order valence-corrected chi connectivity index (χ0v) is 33.1. The molecule has 17 heteroatoms. The summed E-state index contributed by atoms with van der Waals surface area (Å²) in [6.45, 7) is 6.74. The standard InChI is InChI=1S/C38H45B2N11O4.C2H6/c1-48-20-30-26(16-43-51(30)23-17-50(18-23)38(39,40)31-8-4-7-28(46-31)37(54)49-14-13-24(19-49)55-2)25-5-3-6-27(34(25)48)45-29(33(42)36(53)44-22-11-12-22)15-32(41)47-35(52)21-9-10-21;1-2/h3-8,15-16,21-24,45H,9-14,17-20,41-42H2,1-2H3,(H,44,53)(H,47,52);1-2H3/b32-15+,33-29+;. The number of amides is 3. The number of fused-ring (bicyclic) bond motifs is 3. The van der Waals surface area contributed by atoms with Crippen molar-refractivity contribution in [1.82, 2.24) is 35.2 Å². The van der Waals surface area contributed by atoms with Crippen molar-refractivity contribution >= 4 is 44.8 Å². The van der Waals surface area contributed by atoms with Crippen LogP contribution in [0, 0.1) is 5.92 Å². The van der Waals surface area contributed by atoms with Gasteiger partial charge in [0.1, 0.15) is 17.2 Å². The Bertz CT molecular complexity index is 2090. The third kappa shape index (κ3) is 8.26. The number of hydrogen-bond donors (Lipinski definition) is 5. The lowest BCUT2D eigenvalue weighted by molar-refractivity contribution is -0.121. The number of nitrogens with two attached hydrogens (primary N) is 2. The van der Waals surface area contributed by atoms with E-state index in [4.69, 9.17) is 37.0 Å². The Kier molecular flexibility index (Phi) is 11.4. The number of carbonyl (C=O) groups is 3. The van der Waals surface area contributed by atoms with Crippen molar-refractivity contribution in [3.8, 4) is 11.1 Å². The number of aromatic nitrogens is 3. The molecule has 7 N–H and O–H groups in total. The monoisotopic (exact) mass is 771 g/mol. The molecule has 4 fully saturated rings. The van der Waals surface area contributed by atoms with E-state index in [1.54, 1.807) is 30.2 Å². The van der Waals surface area contributed by atoms with Gasteiger partial charge in [0.05, 0.1) is 63.3 Å². The molecule has 3 amide bonds. The van der Waals surface area contributed by atoms with Gasteiger partial charge in [-0.15, -0.1) is 0 Å². The number of nitrogens with one attached hydrogen (secondary N) is 3. The minimum atomic E-state index is -1.40. The molecule has 296 valence electrons. The van der Waals surface area contributed by atoms with Crippen LogP contribution >= 0.6 is 0 Å². The summed E-state index contributed by atoms with van der Waals surface area (Å²) >= 11 is 0. The molecule has 15 nitrogen and oxygen atoms in total. The van der Waals surface area contributed by atoms with E-state index in [0.717, 1.165) is 54.6 Å². The first-order chi connectivity index (χ1) is 27.4. The Hall–Kier alpha value is -5.28. The highest BCUT2D eigenvalue weighted by molar-refractivity contribution is 6.39. The predicted octanol–water partition coefficient (Wildman–Crippen LogP) is 1.97. The molecule has 8 rings (SSSR count). The van der Waals surface area contributed by atoms with Crippen LogP contribution in [0.25, 0.3) is 11.1 Å². The molecule has 1 aromatic carbocycles. The molecule has 4 radical (unpaired) electrons. The Morgan fingerprint density at radius 1 is 0.982 bits per heavy atom. The van der Waals surface area contributed by atoms with E-state index in [2.05, 4.69) is 25.8 Å². The number of hydrogen-bond acceptors (Lipinski definition) is 11. The molecule has 57 heavy (non-hydrogen) atoms. The van der Waals surface area contributed by atoms with E-state index in [0.29, 0.717) is 49.8 Å². The fourth-order valence-electron chi connectivity index (χ4n) is 7.50. The number of benzene rings is 1. The third-order valence-electron chi connectivity index (χ3n) is 11.1. The quantitative estimate of drug-likeness (QED) is 0.103. The van der Waals surface area contributed by atoms with Gasteiger partial charge in [0, 0.05) is 75.2 Å². The van der Waals surface area contributed by atoms with Crippen LogP contribution in [0.15, 0.2) is 65.9 Å². The Labute approximate surface area is 336 Å². The van der Waals surface area contributed by atoms with Crippen LogP contribution in [0.1, 0.15) is 73.9 Å². The van der Waals surface area contributed by atoms with Crippen LogP contribution in [0.2, 0.25) is 0 Å². The summed E-state index contributed by atoms with van der Waals surface area (Å²) in [5, 5.41) is 12.5. The molecule has 5 heterocycles. The number of likely N-dealkylation sites (tertiary alicyclic amines) is 2. The number of ether oxygens (including phenoxy) is 1. The van der Waals surface area contributed by atoms with Crippen molar-refractivity contribution < 1.29 is 19.1 Å². The first kappa shape index (κ1) is 39.9. The molecule has 2 aromatic heterocycles. The highest BCUT2D eigenvalue weighted by Crippen LogP contribution is 2.45. The van der Waals surface area contributed by atoms with E-state index in [1.807, 2.05) is 54.9 Å². The van der Waals surface area contributed by atoms with Gasteiger partial charge in [-0.25, -0.2) is 4.98 Å². The van der Waals surface area contributed by atoms with E-state index < -0.39 is 11.2 Å². The second-order valence-electron chi connectivity index (χ2n) is 15.3. The molecule has 1 atom stereocenters. The Morgan fingerprint density at radius 2 is 1.72 bits per heavy atom. The molecule has 3 aliphatic heterocycles. The average molecular weight is 772 g/mol.